The van der Waals surface area contributed by atoms with Crippen LogP contribution in [0.2, 0.25) is 0 Å². The topological polar surface area (TPSA) is 98.7 Å². The van der Waals surface area contributed by atoms with E-state index in [9.17, 15) is 19.8 Å². The van der Waals surface area contributed by atoms with Crippen LogP contribution in [0.3, 0.4) is 0 Å². The Hall–Kier alpha value is -3.02. The van der Waals surface area contributed by atoms with E-state index in [-0.39, 0.29) is 17.0 Å². The lowest BCUT2D eigenvalue weighted by atomic mass is 9.73. The fourth-order valence-electron chi connectivity index (χ4n) is 4.12. The quantitative estimate of drug-likeness (QED) is 0.619. The van der Waals surface area contributed by atoms with Gasteiger partial charge in [0.25, 0.3) is 0 Å². The van der Waals surface area contributed by atoms with E-state index in [1.54, 1.807) is 12.1 Å². The van der Waals surface area contributed by atoms with E-state index < -0.39 is 17.5 Å². The zero-order valence-corrected chi connectivity index (χ0v) is 16.0. The lowest BCUT2D eigenvalue weighted by molar-refractivity contribution is -0.138. The Morgan fingerprint density at radius 1 is 1.11 bits per heavy atom. The van der Waals surface area contributed by atoms with Crippen molar-refractivity contribution in [3.05, 3.63) is 59.2 Å². The van der Waals surface area contributed by atoms with Gasteiger partial charge in [-0.2, -0.15) is 0 Å². The summed E-state index contributed by atoms with van der Waals surface area (Å²) in [6.45, 7) is 4.24. The molecule has 1 aliphatic heterocycles. The van der Waals surface area contributed by atoms with E-state index in [0.29, 0.717) is 18.5 Å². The number of hydrogen-bond acceptors (Lipinski definition) is 4. The van der Waals surface area contributed by atoms with Crippen LogP contribution in [0.4, 0.5) is 11.4 Å². The van der Waals surface area contributed by atoms with Gasteiger partial charge in [0.2, 0.25) is 0 Å². The highest BCUT2D eigenvalue weighted by molar-refractivity contribution is 5.95. The normalized spacial score (nSPS) is 21.1. The molecule has 0 spiro atoms. The predicted octanol–water partition coefficient (Wildman–Crippen LogP) is 4.25. The van der Waals surface area contributed by atoms with Crippen LogP contribution in [-0.2, 0) is 10.2 Å². The lowest BCUT2D eigenvalue weighted by Gasteiger charge is -2.39. The molecule has 1 heterocycles. The molecule has 4 rings (SSSR count). The van der Waals surface area contributed by atoms with Gasteiger partial charge in [-0.3, -0.25) is 0 Å². The first-order valence-corrected chi connectivity index (χ1v) is 9.47. The van der Waals surface area contributed by atoms with Crippen molar-refractivity contribution in [1.82, 2.24) is 0 Å². The maximum atomic E-state index is 11.7. The number of carboxylic acids is 2. The first-order valence-electron chi connectivity index (χ1n) is 9.47. The Labute approximate surface area is 163 Å². The van der Waals surface area contributed by atoms with E-state index in [1.807, 2.05) is 30.3 Å². The van der Waals surface area contributed by atoms with Crippen LogP contribution in [0.1, 0.15) is 60.6 Å². The molecule has 1 fully saturated rings. The summed E-state index contributed by atoms with van der Waals surface area (Å²) in [7, 11) is 0. The Balaban J connectivity index is 1.67. The first kappa shape index (κ1) is 18.3. The van der Waals surface area contributed by atoms with Crippen molar-refractivity contribution in [2.24, 2.45) is 0 Å². The molecule has 0 amide bonds. The molecule has 1 aliphatic carbocycles. The van der Waals surface area contributed by atoms with Crippen molar-refractivity contribution in [2.45, 2.75) is 50.1 Å². The average molecular weight is 380 g/mol. The Morgan fingerprint density at radius 2 is 1.82 bits per heavy atom. The molecule has 0 radical (unpaired) electrons. The smallest absolute Gasteiger partial charge is 0.337 e. The Morgan fingerprint density at radius 3 is 2.46 bits per heavy atom. The van der Waals surface area contributed by atoms with Gasteiger partial charge in [0.05, 0.1) is 17.3 Å². The van der Waals surface area contributed by atoms with Gasteiger partial charge in [-0.25, -0.2) is 9.59 Å². The molecule has 1 saturated carbocycles. The van der Waals surface area contributed by atoms with E-state index in [1.165, 1.54) is 0 Å². The van der Waals surface area contributed by atoms with Crippen LogP contribution in [0, 0.1) is 0 Å². The summed E-state index contributed by atoms with van der Waals surface area (Å²) in [5, 5.41) is 25.6. The van der Waals surface area contributed by atoms with Crippen LogP contribution in [0.15, 0.2) is 42.5 Å². The summed E-state index contributed by atoms with van der Waals surface area (Å²) in [4.78, 5) is 23.2. The molecule has 1 unspecified atom stereocenters. The minimum Gasteiger partial charge on any atom is -0.480 e. The van der Waals surface area contributed by atoms with Gasteiger partial charge in [0.15, 0.2) is 0 Å². The minimum atomic E-state index is -0.951. The van der Waals surface area contributed by atoms with E-state index in [2.05, 4.69) is 24.5 Å². The number of nitrogens with one attached hydrogen (secondary N) is 2. The highest BCUT2D eigenvalue weighted by Gasteiger charge is 2.50. The van der Waals surface area contributed by atoms with Crippen LogP contribution < -0.4 is 10.6 Å². The van der Waals surface area contributed by atoms with Crippen LogP contribution >= 0.6 is 0 Å². The Kier molecular flexibility index (Phi) is 4.10. The van der Waals surface area contributed by atoms with Gasteiger partial charge < -0.3 is 20.8 Å². The summed E-state index contributed by atoms with van der Waals surface area (Å²) in [6.07, 6.45) is 2.05. The van der Waals surface area contributed by atoms with E-state index in [4.69, 9.17) is 0 Å². The zero-order valence-electron chi connectivity index (χ0n) is 16.0. The van der Waals surface area contributed by atoms with E-state index in [0.717, 1.165) is 23.2 Å². The molecule has 6 nitrogen and oxygen atoms in total. The number of aromatic carboxylic acids is 1. The number of fused-ring (bicyclic) bond motifs is 1. The second-order valence-corrected chi connectivity index (χ2v) is 8.46. The monoisotopic (exact) mass is 380 g/mol. The molecule has 6 heteroatoms. The summed E-state index contributed by atoms with van der Waals surface area (Å²) in [5.41, 5.74) is 2.67. The number of carboxylic acid groups (broad SMARTS) is 2. The highest BCUT2D eigenvalue weighted by atomic mass is 16.4. The maximum absolute atomic E-state index is 11.7. The number of aliphatic carboxylic acids is 1. The van der Waals surface area contributed by atoms with E-state index >= 15 is 0 Å². The molecule has 2 aromatic rings. The second-order valence-electron chi connectivity index (χ2n) is 8.46. The third-order valence-electron chi connectivity index (χ3n) is 5.89. The molecule has 2 aliphatic rings. The molecule has 146 valence electrons. The van der Waals surface area contributed by atoms with Crippen LogP contribution in [-0.4, -0.2) is 27.7 Å². The van der Waals surface area contributed by atoms with Crippen LogP contribution in [0.25, 0.3) is 0 Å². The van der Waals surface area contributed by atoms with Gasteiger partial charge in [0.1, 0.15) is 5.54 Å². The van der Waals surface area contributed by atoms with Crippen molar-refractivity contribution in [3.8, 4) is 0 Å². The number of anilines is 2. The fourth-order valence-corrected chi connectivity index (χ4v) is 4.12. The number of hydrogen-bond donors (Lipinski definition) is 4. The first-order chi connectivity index (χ1) is 13.2. The summed E-state index contributed by atoms with van der Waals surface area (Å²) in [6, 6.07) is 13.1. The molecular weight excluding hydrogens is 356 g/mol. The molecule has 4 N–H and O–H groups in total. The van der Waals surface area contributed by atoms with Crippen molar-refractivity contribution in [1.29, 1.82) is 0 Å². The predicted molar refractivity (Wildman–Crippen MR) is 107 cm³/mol. The molecule has 28 heavy (non-hydrogen) atoms. The maximum Gasteiger partial charge on any atom is 0.337 e. The van der Waals surface area contributed by atoms with Gasteiger partial charge in [-0.05, 0) is 54.0 Å². The van der Waals surface area contributed by atoms with Crippen molar-refractivity contribution in [2.75, 3.05) is 10.6 Å². The number of rotatable bonds is 5. The average Bonchev–Trinajstić information content (AvgIpc) is 3.41. The lowest BCUT2D eigenvalue weighted by Crippen LogP contribution is -2.33. The minimum absolute atomic E-state index is 0.0651. The largest absolute Gasteiger partial charge is 0.480 e. The fraction of sp³-hybridized carbons (Fsp3) is 0.364. The third kappa shape index (κ3) is 3.09. The SMILES string of the molecule is CC1(C)CC(c2cccc(NC3(C(=O)O)CC3)c2)Nc2c(C(=O)O)cccc21. The number of carbonyl (C=O) groups is 2. The molecule has 2 aromatic carbocycles. The molecule has 0 bridgehead atoms. The summed E-state index contributed by atoms with van der Waals surface area (Å²) < 4.78 is 0. The van der Waals surface area contributed by atoms with Gasteiger partial charge in [0, 0.05) is 5.69 Å². The zero-order chi connectivity index (χ0) is 20.1. The van der Waals surface area contributed by atoms with Crippen molar-refractivity contribution in [3.63, 3.8) is 0 Å². The highest BCUT2D eigenvalue weighted by Crippen LogP contribution is 2.46. The molecular formula is C22H24N2O4. The van der Waals surface area contributed by atoms with Gasteiger partial charge in [-0.15, -0.1) is 0 Å². The third-order valence-corrected chi connectivity index (χ3v) is 5.89. The summed E-state index contributed by atoms with van der Waals surface area (Å²) >= 11 is 0. The molecule has 0 aromatic heterocycles. The number of benzene rings is 2. The van der Waals surface area contributed by atoms with Crippen LogP contribution in [0.5, 0.6) is 0 Å². The molecule has 0 saturated heterocycles. The van der Waals surface area contributed by atoms with Crippen molar-refractivity contribution < 1.29 is 19.8 Å². The number of para-hydroxylation sites is 1. The Bertz CT molecular complexity index is 963. The second kappa shape index (κ2) is 6.26. The van der Waals surface area contributed by atoms with Gasteiger partial charge in [-0.1, -0.05) is 38.1 Å². The van der Waals surface area contributed by atoms with Crippen molar-refractivity contribution >= 4 is 23.3 Å². The van der Waals surface area contributed by atoms with Gasteiger partial charge >= 0.3 is 11.9 Å². The standard InChI is InChI=1S/C22H24N2O4/c1-21(2)12-17(23-18-15(19(25)26)7-4-8-16(18)21)13-5-3-6-14(11-13)24-22(9-10-22)20(27)28/h3-8,11,17,23-24H,9-10,12H2,1-2H3,(H,25,26)(H,27,28). The molecule has 1 atom stereocenters. The summed E-state index contributed by atoms with van der Waals surface area (Å²) in [5.74, 6) is -1.77.